The second-order valence-electron chi connectivity index (χ2n) is 23.0. The molecule has 0 aliphatic heterocycles. The number of fused-ring (bicyclic) bond motifs is 19. The van der Waals surface area contributed by atoms with Crippen LogP contribution in [0, 0.1) is 0 Å². The Morgan fingerprint density at radius 3 is 1.01 bits per heavy atom. The van der Waals surface area contributed by atoms with E-state index in [2.05, 4.69) is 258 Å². The number of rotatable bonds is 4. The van der Waals surface area contributed by atoms with Gasteiger partial charge in [0.2, 0.25) is 0 Å². The van der Waals surface area contributed by atoms with E-state index >= 15 is 0 Å². The first-order chi connectivity index (χ1) is 37.7. The molecule has 0 bridgehead atoms. The SMILES string of the molecule is CC1(C)c2cc3c(cc2-c2c1cc(-c1cccc4c1oc1ccccc14)c1ccccc21)C(c1ccccc1)(c1ccccc1)c1cc2c(cc1-3)C(C)(C)c1cc(-c3cccc4c3oc3ccccc34)c3ccccc3c1-2. The zero-order chi connectivity index (χ0) is 51.1. The number of para-hydroxylation sites is 4. The first-order valence-electron chi connectivity index (χ1n) is 27.1. The van der Waals surface area contributed by atoms with Gasteiger partial charge in [-0.2, -0.15) is 0 Å². The van der Waals surface area contributed by atoms with Crippen LogP contribution in [-0.2, 0) is 16.2 Å². The second-order valence-corrected chi connectivity index (χ2v) is 23.0. The highest BCUT2D eigenvalue weighted by molar-refractivity contribution is 6.17. The van der Waals surface area contributed by atoms with Crippen LogP contribution >= 0.6 is 0 Å². The molecule has 0 saturated heterocycles. The van der Waals surface area contributed by atoms with Gasteiger partial charge in [0, 0.05) is 43.5 Å². The Morgan fingerprint density at radius 2 is 0.584 bits per heavy atom. The normalized spacial score (nSPS) is 15.1. The number of benzene rings is 12. The zero-order valence-corrected chi connectivity index (χ0v) is 43.3. The van der Waals surface area contributed by atoms with Gasteiger partial charge in [-0.25, -0.2) is 0 Å². The predicted molar refractivity (Wildman–Crippen MR) is 319 cm³/mol. The van der Waals surface area contributed by atoms with Crippen molar-refractivity contribution in [3.63, 3.8) is 0 Å². The van der Waals surface area contributed by atoms with Gasteiger partial charge < -0.3 is 8.83 Å². The van der Waals surface area contributed by atoms with E-state index in [0.29, 0.717) is 0 Å². The van der Waals surface area contributed by atoms with Gasteiger partial charge in [-0.3, -0.25) is 0 Å². The lowest BCUT2D eigenvalue weighted by Gasteiger charge is -2.34. The molecular weight excluding hydrogens is 933 g/mol. The van der Waals surface area contributed by atoms with E-state index in [1.807, 2.05) is 0 Å². The fraction of sp³-hybridized carbons (Fsp3) is 0.0933. The minimum atomic E-state index is -0.629. The van der Waals surface area contributed by atoms with Gasteiger partial charge in [0.1, 0.15) is 22.3 Å². The van der Waals surface area contributed by atoms with Crippen LogP contribution in [0.4, 0.5) is 0 Å². The van der Waals surface area contributed by atoms with Crippen LogP contribution in [0.15, 0.2) is 239 Å². The fourth-order valence-electron chi connectivity index (χ4n) is 15.0. The van der Waals surface area contributed by atoms with Crippen LogP contribution in [0.25, 0.3) is 121 Å². The van der Waals surface area contributed by atoms with Crippen molar-refractivity contribution in [3.8, 4) is 55.6 Å². The average Bonchev–Trinajstić information content (AvgIpc) is 4.44. The molecule has 0 unspecified atom stereocenters. The van der Waals surface area contributed by atoms with Crippen LogP contribution in [-0.4, -0.2) is 0 Å². The summed E-state index contributed by atoms with van der Waals surface area (Å²) >= 11 is 0. The van der Waals surface area contributed by atoms with E-state index in [0.717, 1.165) is 55.0 Å². The molecule has 12 aromatic carbocycles. The third kappa shape index (κ3) is 5.44. The quantitative estimate of drug-likeness (QED) is 0.176. The summed E-state index contributed by atoms with van der Waals surface area (Å²) in [4.78, 5) is 0. The molecule has 17 rings (SSSR count). The predicted octanol–water partition coefficient (Wildman–Crippen LogP) is 20.1. The van der Waals surface area contributed by atoms with Gasteiger partial charge in [0.05, 0.1) is 5.41 Å². The molecule has 0 amide bonds. The highest BCUT2D eigenvalue weighted by Crippen LogP contribution is 2.64. The number of furan rings is 2. The fourth-order valence-corrected chi connectivity index (χ4v) is 15.0. The molecule has 362 valence electrons. The Hall–Kier alpha value is -9.24. The Kier molecular flexibility index (Phi) is 8.38. The molecule has 77 heavy (non-hydrogen) atoms. The average molecular weight is 983 g/mol. The molecule has 2 nitrogen and oxygen atoms in total. The lowest BCUT2D eigenvalue weighted by molar-refractivity contribution is 0.660. The zero-order valence-electron chi connectivity index (χ0n) is 43.3. The molecule has 2 heteroatoms. The molecule has 3 aliphatic carbocycles. The summed E-state index contributed by atoms with van der Waals surface area (Å²) in [5.74, 6) is 0. The topological polar surface area (TPSA) is 26.3 Å². The van der Waals surface area contributed by atoms with E-state index < -0.39 is 5.41 Å². The summed E-state index contributed by atoms with van der Waals surface area (Å²) in [7, 11) is 0. The van der Waals surface area contributed by atoms with Gasteiger partial charge in [0.15, 0.2) is 0 Å². The molecule has 0 N–H and O–H groups in total. The molecule has 0 saturated carbocycles. The number of hydrogen-bond acceptors (Lipinski definition) is 2. The van der Waals surface area contributed by atoms with Crippen molar-refractivity contribution in [3.05, 3.63) is 275 Å². The molecule has 3 aliphatic rings. The van der Waals surface area contributed by atoms with Gasteiger partial charge in [0.25, 0.3) is 0 Å². The smallest absolute Gasteiger partial charge is 0.143 e. The van der Waals surface area contributed by atoms with Gasteiger partial charge >= 0.3 is 0 Å². The van der Waals surface area contributed by atoms with Crippen molar-refractivity contribution in [2.75, 3.05) is 0 Å². The molecule has 0 radical (unpaired) electrons. The molecular formula is C75H50O2. The first-order valence-corrected chi connectivity index (χ1v) is 27.1. The molecule has 0 fully saturated rings. The first kappa shape index (κ1) is 43.0. The third-order valence-electron chi connectivity index (χ3n) is 18.5. The summed E-state index contributed by atoms with van der Waals surface area (Å²) in [6.07, 6.45) is 0. The van der Waals surface area contributed by atoms with Crippen LogP contribution in [0.1, 0.15) is 72.2 Å². The summed E-state index contributed by atoms with van der Waals surface area (Å²) in [6.45, 7) is 9.77. The minimum Gasteiger partial charge on any atom is -0.455 e. The lowest BCUT2D eigenvalue weighted by Crippen LogP contribution is -2.29. The van der Waals surface area contributed by atoms with Crippen LogP contribution in [0.5, 0.6) is 0 Å². The summed E-state index contributed by atoms with van der Waals surface area (Å²) in [5.41, 5.74) is 25.5. The maximum absolute atomic E-state index is 6.75. The molecule has 14 aromatic rings. The third-order valence-corrected chi connectivity index (χ3v) is 18.5. The van der Waals surface area contributed by atoms with Crippen LogP contribution < -0.4 is 0 Å². The highest BCUT2D eigenvalue weighted by Gasteiger charge is 2.51. The maximum atomic E-state index is 6.75. The Labute approximate surface area is 446 Å². The Morgan fingerprint density at radius 1 is 0.247 bits per heavy atom. The van der Waals surface area contributed by atoms with Gasteiger partial charge in [-0.05, 0) is 159 Å². The largest absolute Gasteiger partial charge is 0.455 e. The summed E-state index contributed by atoms with van der Waals surface area (Å²) in [6, 6.07) is 86.4. The molecule has 0 spiro atoms. The van der Waals surface area contributed by atoms with E-state index in [-0.39, 0.29) is 10.8 Å². The second kappa shape index (κ2) is 15.0. The van der Waals surface area contributed by atoms with Gasteiger partial charge in [-0.15, -0.1) is 0 Å². The van der Waals surface area contributed by atoms with E-state index in [4.69, 9.17) is 8.83 Å². The van der Waals surface area contributed by atoms with Gasteiger partial charge in [-0.1, -0.05) is 210 Å². The molecule has 2 heterocycles. The van der Waals surface area contributed by atoms with E-state index in [1.165, 1.54) is 111 Å². The minimum absolute atomic E-state index is 0.324. The van der Waals surface area contributed by atoms with Crippen molar-refractivity contribution in [2.45, 2.75) is 43.9 Å². The van der Waals surface area contributed by atoms with Crippen LogP contribution in [0.2, 0.25) is 0 Å². The maximum Gasteiger partial charge on any atom is 0.143 e. The lowest BCUT2D eigenvalue weighted by atomic mass is 9.67. The van der Waals surface area contributed by atoms with Crippen molar-refractivity contribution in [1.82, 2.24) is 0 Å². The molecule has 2 aromatic heterocycles. The monoisotopic (exact) mass is 982 g/mol. The standard InChI is InChI=1S/C75H50O2/c1-73(2)61-39-57-58-40-62-60(70-50-30-14-12-26-46(50)56(38-66(70)74(62,3)4)54-34-20-32-52-48-28-16-18-36-68(48)77-72(52)54)42-64(58)75(43-21-7-5-8-22-43,44-23-9-6-10-24-44)63(57)41-59(61)69-49-29-13-11-25-45(49)55(37-65(69)73)53-33-19-31-51-47-27-15-17-35-67(47)76-71(51)53/h5-42H,1-4H3. The number of hydrogen-bond donors (Lipinski definition) is 0. The molecule has 0 atom stereocenters. The summed E-state index contributed by atoms with van der Waals surface area (Å²) < 4.78 is 13.5. The van der Waals surface area contributed by atoms with Crippen molar-refractivity contribution >= 4 is 65.4 Å². The van der Waals surface area contributed by atoms with Crippen LogP contribution in [0.3, 0.4) is 0 Å². The highest BCUT2D eigenvalue weighted by atomic mass is 16.3. The van der Waals surface area contributed by atoms with E-state index in [9.17, 15) is 0 Å². The Balaban J connectivity index is 0.932. The van der Waals surface area contributed by atoms with E-state index in [1.54, 1.807) is 0 Å². The van der Waals surface area contributed by atoms with Crippen molar-refractivity contribution < 1.29 is 8.83 Å². The van der Waals surface area contributed by atoms with Crippen molar-refractivity contribution in [1.29, 1.82) is 0 Å². The Bertz CT molecular complexity index is 4590. The van der Waals surface area contributed by atoms with Crippen molar-refractivity contribution in [2.24, 2.45) is 0 Å². The summed E-state index contributed by atoms with van der Waals surface area (Å²) in [5, 5.41) is 9.56.